The van der Waals surface area contributed by atoms with Crippen molar-refractivity contribution in [2.24, 2.45) is 0 Å². The second-order valence-corrected chi connectivity index (χ2v) is 5.22. The monoisotopic (exact) mass is 344 g/mol. The fourth-order valence-electron chi connectivity index (χ4n) is 2.14. The summed E-state index contributed by atoms with van der Waals surface area (Å²) < 4.78 is 39.4. The van der Waals surface area contributed by atoms with E-state index in [9.17, 15) is 27.6 Å². The Morgan fingerprint density at radius 1 is 1.25 bits per heavy atom. The molecule has 0 aliphatic carbocycles. The second kappa shape index (κ2) is 7.30. The van der Waals surface area contributed by atoms with Gasteiger partial charge in [-0.1, -0.05) is 0 Å². The van der Waals surface area contributed by atoms with Gasteiger partial charge in [0.15, 0.2) is 17.5 Å². The zero-order chi connectivity index (χ0) is 17.9. The first-order valence-corrected chi connectivity index (χ1v) is 6.99. The van der Waals surface area contributed by atoms with Gasteiger partial charge in [0.05, 0.1) is 18.8 Å². The van der Waals surface area contributed by atoms with Crippen molar-refractivity contribution in [2.75, 3.05) is 38.5 Å². The van der Waals surface area contributed by atoms with Crippen LogP contribution >= 0.6 is 0 Å². The van der Waals surface area contributed by atoms with E-state index in [1.54, 1.807) is 0 Å². The Morgan fingerprint density at radius 3 is 2.58 bits per heavy atom. The molecule has 0 unspecified atom stereocenters. The van der Waals surface area contributed by atoms with E-state index >= 15 is 0 Å². The number of anilines is 1. The smallest absolute Gasteiger partial charge is 0.324 e. The third kappa shape index (κ3) is 4.02. The minimum atomic E-state index is -1.68. The topological polar surface area (TPSA) is 81.8 Å². The zero-order valence-corrected chi connectivity index (χ0v) is 12.7. The van der Waals surface area contributed by atoms with E-state index < -0.39 is 41.0 Å². The van der Waals surface area contributed by atoms with Crippen LogP contribution in [0.2, 0.25) is 0 Å². The summed E-state index contributed by atoms with van der Waals surface area (Å²) in [6.07, 6.45) is 0. The molecule has 0 bridgehead atoms. The van der Waals surface area contributed by atoms with Crippen molar-refractivity contribution >= 4 is 23.5 Å². The van der Waals surface area contributed by atoms with Crippen LogP contribution in [0.4, 0.5) is 23.7 Å². The molecule has 0 atom stereocenters. The lowest BCUT2D eigenvalue weighted by atomic mass is 10.2. The largest absolute Gasteiger partial charge is 0.336 e. The second-order valence-electron chi connectivity index (χ2n) is 5.22. The number of carbonyl (C=O) groups is 3. The summed E-state index contributed by atoms with van der Waals surface area (Å²) >= 11 is 0. The average Bonchev–Trinajstić information content (AvgIpc) is 2.94. The van der Waals surface area contributed by atoms with Gasteiger partial charge in [-0.25, -0.2) is 18.0 Å². The van der Waals surface area contributed by atoms with Crippen molar-refractivity contribution in [1.82, 2.24) is 15.1 Å². The SMILES string of the molecule is CN(CC(=O)Nc1ccc(F)c(F)c1F)CC(=O)N1CCNC1=O. The van der Waals surface area contributed by atoms with Crippen LogP contribution in [-0.2, 0) is 9.59 Å². The summed E-state index contributed by atoms with van der Waals surface area (Å²) in [5.41, 5.74) is -0.502. The van der Waals surface area contributed by atoms with E-state index in [-0.39, 0.29) is 19.6 Å². The molecule has 1 aliphatic heterocycles. The van der Waals surface area contributed by atoms with Crippen LogP contribution in [0.3, 0.4) is 0 Å². The highest BCUT2D eigenvalue weighted by atomic mass is 19.2. The molecular formula is C14H15F3N4O3. The Balaban J connectivity index is 1.89. The lowest BCUT2D eigenvalue weighted by molar-refractivity contribution is -0.128. The summed E-state index contributed by atoms with van der Waals surface area (Å²) in [6, 6.07) is 1.08. The Bertz CT molecular complexity index is 683. The predicted molar refractivity (Wildman–Crippen MR) is 77.6 cm³/mol. The third-order valence-corrected chi connectivity index (χ3v) is 3.29. The van der Waals surface area contributed by atoms with Gasteiger partial charge in [-0.3, -0.25) is 19.4 Å². The van der Waals surface area contributed by atoms with Gasteiger partial charge in [0.25, 0.3) is 0 Å². The molecular weight excluding hydrogens is 329 g/mol. The van der Waals surface area contributed by atoms with Gasteiger partial charge in [0.2, 0.25) is 11.8 Å². The molecule has 0 saturated carbocycles. The number of hydrogen-bond donors (Lipinski definition) is 2. The third-order valence-electron chi connectivity index (χ3n) is 3.29. The van der Waals surface area contributed by atoms with Crippen molar-refractivity contribution in [3.8, 4) is 0 Å². The number of nitrogens with zero attached hydrogens (tertiary/aromatic N) is 2. The van der Waals surface area contributed by atoms with Crippen LogP contribution in [0.15, 0.2) is 12.1 Å². The van der Waals surface area contributed by atoms with E-state index in [4.69, 9.17) is 0 Å². The highest BCUT2D eigenvalue weighted by Crippen LogP contribution is 2.19. The number of benzene rings is 1. The minimum Gasteiger partial charge on any atom is -0.336 e. The highest BCUT2D eigenvalue weighted by molar-refractivity contribution is 5.97. The Labute approximate surface area is 135 Å². The molecule has 0 spiro atoms. The number of halogens is 3. The molecule has 130 valence electrons. The summed E-state index contributed by atoms with van der Waals surface area (Å²) in [5.74, 6) is -5.76. The van der Waals surface area contributed by atoms with E-state index in [2.05, 4.69) is 10.6 Å². The maximum Gasteiger partial charge on any atom is 0.324 e. The van der Waals surface area contributed by atoms with E-state index in [0.717, 1.165) is 11.0 Å². The molecule has 1 saturated heterocycles. The van der Waals surface area contributed by atoms with E-state index in [1.165, 1.54) is 11.9 Å². The van der Waals surface area contributed by atoms with Gasteiger partial charge < -0.3 is 10.6 Å². The maximum atomic E-state index is 13.5. The predicted octanol–water partition coefficient (Wildman–Crippen LogP) is 0.526. The fourth-order valence-corrected chi connectivity index (χ4v) is 2.14. The average molecular weight is 344 g/mol. The van der Waals surface area contributed by atoms with E-state index in [1.807, 2.05) is 0 Å². The van der Waals surface area contributed by atoms with Crippen molar-refractivity contribution in [3.63, 3.8) is 0 Å². The van der Waals surface area contributed by atoms with Gasteiger partial charge >= 0.3 is 6.03 Å². The standard InChI is InChI=1S/C14H15F3N4O3/c1-20(7-11(23)21-5-4-18-14(21)24)6-10(22)19-9-3-2-8(15)12(16)13(9)17/h2-3H,4-7H2,1H3,(H,18,24)(H,19,22). The van der Waals surface area contributed by atoms with Crippen LogP contribution in [0.5, 0.6) is 0 Å². The first-order chi connectivity index (χ1) is 11.3. The molecule has 2 N–H and O–H groups in total. The summed E-state index contributed by atoms with van der Waals surface area (Å²) in [7, 11) is 1.45. The molecule has 1 aromatic rings. The number of rotatable bonds is 5. The molecule has 1 aromatic carbocycles. The molecule has 2 rings (SSSR count). The molecule has 0 radical (unpaired) electrons. The number of hydrogen-bond acceptors (Lipinski definition) is 4. The number of nitrogens with one attached hydrogen (secondary N) is 2. The molecule has 0 aromatic heterocycles. The first kappa shape index (κ1) is 17.7. The number of carbonyl (C=O) groups excluding carboxylic acids is 3. The summed E-state index contributed by atoms with van der Waals surface area (Å²) in [4.78, 5) is 37.4. The molecule has 10 heteroatoms. The minimum absolute atomic E-state index is 0.207. The van der Waals surface area contributed by atoms with E-state index in [0.29, 0.717) is 12.6 Å². The van der Waals surface area contributed by atoms with Crippen molar-refractivity contribution in [3.05, 3.63) is 29.6 Å². The van der Waals surface area contributed by atoms with Gasteiger partial charge in [-0.05, 0) is 19.2 Å². The number of imide groups is 1. The molecule has 7 nitrogen and oxygen atoms in total. The molecule has 24 heavy (non-hydrogen) atoms. The molecule has 1 heterocycles. The molecule has 4 amide bonds. The van der Waals surface area contributed by atoms with Crippen LogP contribution in [-0.4, -0.2) is 60.9 Å². The van der Waals surface area contributed by atoms with Crippen LogP contribution in [0, 0.1) is 17.5 Å². The Kier molecular flexibility index (Phi) is 5.39. The Morgan fingerprint density at radius 2 is 1.96 bits per heavy atom. The van der Waals surface area contributed by atoms with Crippen LogP contribution in [0.1, 0.15) is 0 Å². The van der Waals surface area contributed by atoms with Gasteiger partial charge in [-0.2, -0.15) is 0 Å². The summed E-state index contributed by atoms with van der Waals surface area (Å²) in [5, 5.41) is 4.57. The Hall–Kier alpha value is -2.62. The lowest BCUT2D eigenvalue weighted by Gasteiger charge is -2.19. The number of likely N-dealkylation sites (N-methyl/N-ethyl adjacent to an activating group) is 1. The maximum absolute atomic E-state index is 13.5. The first-order valence-electron chi connectivity index (χ1n) is 6.99. The van der Waals surface area contributed by atoms with Crippen LogP contribution in [0.25, 0.3) is 0 Å². The quantitative estimate of drug-likeness (QED) is 0.764. The van der Waals surface area contributed by atoms with Crippen LogP contribution < -0.4 is 10.6 Å². The number of urea groups is 1. The number of amides is 4. The van der Waals surface area contributed by atoms with Gasteiger partial charge in [0.1, 0.15) is 0 Å². The van der Waals surface area contributed by atoms with Crippen molar-refractivity contribution in [2.45, 2.75) is 0 Å². The fraction of sp³-hybridized carbons (Fsp3) is 0.357. The van der Waals surface area contributed by atoms with Gasteiger partial charge in [-0.15, -0.1) is 0 Å². The summed E-state index contributed by atoms with van der Waals surface area (Å²) in [6.45, 7) is 0.0999. The molecule has 1 fully saturated rings. The van der Waals surface area contributed by atoms with Crippen molar-refractivity contribution in [1.29, 1.82) is 0 Å². The zero-order valence-electron chi connectivity index (χ0n) is 12.7. The lowest BCUT2D eigenvalue weighted by Crippen LogP contribution is -2.42. The highest BCUT2D eigenvalue weighted by Gasteiger charge is 2.27. The molecule has 1 aliphatic rings. The van der Waals surface area contributed by atoms with Gasteiger partial charge in [0, 0.05) is 13.1 Å². The van der Waals surface area contributed by atoms with Crippen molar-refractivity contribution < 1.29 is 27.6 Å². The normalized spacial score (nSPS) is 14.0.